The normalized spacial score (nSPS) is 16.4. The van der Waals surface area contributed by atoms with Crippen molar-refractivity contribution in [3.63, 3.8) is 0 Å². The summed E-state index contributed by atoms with van der Waals surface area (Å²) >= 11 is 1.87. The zero-order valence-corrected chi connectivity index (χ0v) is 28.3. The van der Waals surface area contributed by atoms with E-state index in [9.17, 15) is 0 Å². The minimum atomic E-state index is -0.374. The SMILES string of the molecule is c1ccc(C2N=C(n3c4ccccc4c4c3c3sc5ccccc5c3c3c5ccccc5n(-c5ccccc5)c34)NC(c3ccccc3)[N-]2)cc1. The Bertz CT molecular complexity index is 2970. The van der Waals surface area contributed by atoms with Gasteiger partial charge in [-0.05, 0) is 53.8 Å². The largest absolute Gasteiger partial charge is 0.613 e. The molecule has 1 aliphatic rings. The first-order valence-electron chi connectivity index (χ1n) is 17.3. The first-order valence-corrected chi connectivity index (χ1v) is 18.1. The molecule has 0 aliphatic carbocycles. The molecule has 5 nitrogen and oxygen atoms in total. The number of hydrogen-bond acceptors (Lipinski definition) is 3. The maximum Gasteiger partial charge on any atom is 0.201 e. The lowest BCUT2D eigenvalue weighted by Gasteiger charge is -2.44. The van der Waals surface area contributed by atoms with Crippen LogP contribution in [0.4, 0.5) is 0 Å². The Morgan fingerprint density at radius 1 is 0.510 bits per heavy atom. The van der Waals surface area contributed by atoms with E-state index in [1.165, 1.54) is 52.8 Å². The van der Waals surface area contributed by atoms with Gasteiger partial charge in [0.05, 0.1) is 26.8 Å². The van der Waals surface area contributed by atoms with Crippen molar-refractivity contribution in [2.75, 3.05) is 0 Å². The van der Waals surface area contributed by atoms with Crippen molar-refractivity contribution in [1.29, 1.82) is 0 Å². The quantitative estimate of drug-likeness (QED) is 0.199. The predicted octanol–water partition coefficient (Wildman–Crippen LogP) is 11.8. The number of benzene rings is 7. The molecule has 11 rings (SSSR count). The first kappa shape index (κ1) is 28.6. The summed E-state index contributed by atoms with van der Waals surface area (Å²) in [7, 11) is 0. The Kier molecular flexibility index (Phi) is 6.26. The number of para-hydroxylation sites is 3. The Labute approximate surface area is 297 Å². The molecule has 51 heavy (non-hydrogen) atoms. The van der Waals surface area contributed by atoms with Crippen molar-refractivity contribution in [2.45, 2.75) is 12.3 Å². The van der Waals surface area contributed by atoms with E-state index in [-0.39, 0.29) is 12.3 Å². The van der Waals surface area contributed by atoms with Gasteiger partial charge in [-0.15, -0.1) is 11.3 Å². The Morgan fingerprint density at radius 2 is 1.08 bits per heavy atom. The molecule has 2 unspecified atom stereocenters. The fraction of sp³-hybridized carbons (Fsp3) is 0.0444. The summed E-state index contributed by atoms with van der Waals surface area (Å²) in [5.41, 5.74) is 7.98. The van der Waals surface area contributed by atoms with Gasteiger partial charge in [-0.3, -0.25) is 9.56 Å². The second kappa shape index (κ2) is 11.2. The molecule has 0 radical (unpaired) electrons. The van der Waals surface area contributed by atoms with Crippen LogP contribution in [0.2, 0.25) is 0 Å². The van der Waals surface area contributed by atoms with Crippen molar-refractivity contribution >= 4 is 81.1 Å². The molecule has 2 atom stereocenters. The average molecular weight is 673 g/mol. The number of aliphatic imine (C=N–C) groups is 1. The van der Waals surface area contributed by atoms with Crippen LogP contribution in [-0.4, -0.2) is 15.1 Å². The van der Waals surface area contributed by atoms with Crippen molar-refractivity contribution in [3.8, 4) is 5.69 Å². The number of nitrogens with zero attached hydrogens (tertiary/aromatic N) is 4. The molecule has 242 valence electrons. The highest BCUT2D eigenvalue weighted by atomic mass is 32.1. The van der Waals surface area contributed by atoms with Gasteiger partial charge in [0.2, 0.25) is 5.96 Å². The van der Waals surface area contributed by atoms with Crippen molar-refractivity contribution in [2.24, 2.45) is 4.99 Å². The zero-order chi connectivity index (χ0) is 33.5. The Balaban J connectivity index is 1.35. The van der Waals surface area contributed by atoms with Crippen LogP contribution in [0, 0.1) is 0 Å². The number of hydrogen-bond donors (Lipinski definition) is 1. The summed E-state index contributed by atoms with van der Waals surface area (Å²) in [5, 5.41) is 16.6. The Morgan fingerprint density at radius 3 is 1.80 bits per heavy atom. The van der Waals surface area contributed by atoms with Gasteiger partial charge < -0.3 is 15.2 Å². The lowest BCUT2D eigenvalue weighted by atomic mass is 10.0. The summed E-state index contributed by atoms with van der Waals surface area (Å²) in [6, 6.07) is 58.3. The van der Waals surface area contributed by atoms with E-state index >= 15 is 0 Å². The van der Waals surface area contributed by atoms with Crippen molar-refractivity contribution < 1.29 is 0 Å². The standard InChI is InChI=1S/C45H30N5S/c1-4-16-28(17-5-1)43-46-44(29-18-6-2-7-19-29)48-45(47-43)50-35-26-14-11-23-32(35)39-40-37(38-33-24-12-15-27-36(33)51-42(38)41(39)50)31-22-10-13-25-34(31)49(40)30-20-8-3-9-21-30/h1-27,43-44H,(H,47,48)/q-1. The number of nitrogens with one attached hydrogen (secondary N) is 1. The third-order valence-corrected chi connectivity index (χ3v) is 11.5. The third kappa shape index (κ3) is 4.21. The smallest absolute Gasteiger partial charge is 0.201 e. The first-order chi connectivity index (χ1) is 25.3. The topological polar surface area (TPSA) is 48.4 Å². The highest BCUT2D eigenvalue weighted by molar-refractivity contribution is 7.27. The predicted molar refractivity (Wildman–Crippen MR) is 214 cm³/mol. The second-order valence-corrected chi connectivity index (χ2v) is 14.2. The van der Waals surface area contributed by atoms with Crippen LogP contribution in [0.15, 0.2) is 169 Å². The Hall–Kier alpha value is -6.21. The van der Waals surface area contributed by atoms with E-state index in [4.69, 9.17) is 10.3 Å². The van der Waals surface area contributed by atoms with Crippen LogP contribution in [0.1, 0.15) is 23.5 Å². The van der Waals surface area contributed by atoms with E-state index in [0.29, 0.717) is 0 Å². The highest BCUT2D eigenvalue weighted by Crippen LogP contribution is 2.51. The molecule has 0 amide bonds. The van der Waals surface area contributed by atoms with Gasteiger partial charge in [0.15, 0.2) is 0 Å². The molecular formula is C45H30N5S-. The number of fused-ring (bicyclic) bond motifs is 12. The highest BCUT2D eigenvalue weighted by Gasteiger charge is 2.28. The van der Waals surface area contributed by atoms with Gasteiger partial charge in [-0.1, -0.05) is 133 Å². The molecular weight excluding hydrogens is 643 g/mol. The lowest BCUT2D eigenvalue weighted by Crippen LogP contribution is -2.37. The zero-order valence-electron chi connectivity index (χ0n) is 27.4. The van der Waals surface area contributed by atoms with Crippen LogP contribution >= 0.6 is 11.3 Å². The van der Waals surface area contributed by atoms with E-state index in [2.05, 4.69) is 172 Å². The fourth-order valence-corrected chi connectivity index (χ4v) is 9.40. The van der Waals surface area contributed by atoms with Gasteiger partial charge in [-0.25, -0.2) is 0 Å². The minimum Gasteiger partial charge on any atom is -0.613 e. The maximum absolute atomic E-state index is 5.43. The van der Waals surface area contributed by atoms with Gasteiger partial charge in [0.25, 0.3) is 0 Å². The van der Waals surface area contributed by atoms with Crippen LogP contribution in [0.25, 0.3) is 74.8 Å². The molecule has 10 aromatic rings. The summed E-state index contributed by atoms with van der Waals surface area (Å²) in [6.07, 6.45) is -0.654. The molecule has 6 heteroatoms. The number of thiophene rings is 1. The monoisotopic (exact) mass is 672 g/mol. The molecule has 1 N–H and O–H groups in total. The molecule has 0 bridgehead atoms. The van der Waals surface area contributed by atoms with E-state index in [1.807, 2.05) is 17.4 Å². The second-order valence-electron chi connectivity index (χ2n) is 13.1. The maximum atomic E-state index is 5.43. The van der Waals surface area contributed by atoms with Crippen molar-refractivity contribution in [1.82, 2.24) is 14.5 Å². The molecule has 1 aliphatic heterocycles. The number of aromatic nitrogens is 2. The molecule has 7 aromatic carbocycles. The number of rotatable bonds is 3. The molecule has 4 heterocycles. The van der Waals surface area contributed by atoms with Crippen LogP contribution < -0.4 is 5.32 Å². The van der Waals surface area contributed by atoms with Crippen LogP contribution in [0.5, 0.6) is 0 Å². The summed E-state index contributed by atoms with van der Waals surface area (Å²) in [6.45, 7) is 0. The van der Waals surface area contributed by atoms with Gasteiger partial charge in [0, 0.05) is 42.7 Å². The lowest BCUT2D eigenvalue weighted by molar-refractivity contribution is 0.618. The minimum absolute atomic E-state index is 0.280. The fourth-order valence-electron chi connectivity index (χ4n) is 8.15. The molecule has 0 saturated heterocycles. The molecule has 3 aromatic heterocycles. The summed E-state index contributed by atoms with van der Waals surface area (Å²) < 4.78 is 7.38. The van der Waals surface area contributed by atoms with Gasteiger partial charge in [0.1, 0.15) is 0 Å². The molecule has 0 fully saturated rings. The van der Waals surface area contributed by atoms with Gasteiger partial charge >= 0.3 is 0 Å². The van der Waals surface area contributed by atoms with E-state index in [1.54, 1.807) is 0 Å². The van der Waals surface area contributed by atoms with E-state index in [0.717, 1.165) is 33.8 Å². The average Bonchev–Trinajstić information content (AvgIpc) is 3.87. The molecule has 0 saturated carbocycles. The molecule has 0 spiro atoms. The van der Waals surface area contributed by atoms with Crippen LogP contribution in [-0.2, 0) is 0 Å². The van der Waals surface area contributed by atoms with Gasteiger partial charge in [-0.2, -0.15) is 0 Å². The third-order valence-electron chi connectivity index (χ3n) is 10.3. The van der Waals surface area contributed by atoms with Crippen LogP contribution in [0.3, 0.4) is 0 Å². The summed E-state index contributed by atoms with van der Waals surface area (Å²) in [4.78, 5) is 5.43. The van der Waals surface area contributed by atoms with E-state index < -0.39 is 0 Å². The summed E-state index contributed by atoms with van der Waals surface area (Å²) in [5.74, 6) is 0.791. The van der Waals surface area contributed by atoms with Crippen molar-refractivity contribution in [3.05, 3.63) is 180 Å².